The van der Waals surface area contributed by atoms with Gasteiger partial charge in [0, 0.05) is 17.6 Å². The molecule has 0 aliphatic carbocycles. The van der Waals surface area contributed by atoms with Crippen LogP contribution in [-0.4, -0.2) is 28.8 Å². The molecule has 0 heterocycles. The molecule has 0 fully saturated rings. The Labute approximate surface area is 172 Å². The van der Waals surface area contributed by atoms with Gasteiger partial charge in [0.2, 0.25) is 11.8 Å². The van der Waals surface area contributed by atoms with Crippen LogP contribution < -0.4 is 5.32 Å². The fraction of sp³-hybridized carbons (Fsp3) is 0.391. The summed E-state index contributed by atoms with van der Waals surface area (Å²) in [7, 11) is 0. The lowest BCUT2D eigenvalue weighted by molar-refractivity contribution is -0.141. The van der Waals surface area contributed by atoms with Crippen LogP contribution >= 0.6 is 11.6 Å². The Bertz CT molecular complexity index is 803. The Balaban J connectivity index is 2.28. The van der Waals surface area contributed by atoms with Gasteiger partial charge in [0.25, 0.3) is 0 Å². The molecule has 0 bridgehead atoms. The monoisotopic (exact) mass is 400 g/mol. The number of hydrogen-bond donors (Lipinski definition) is 1. The first-order valence-corrected chi connectivity index (χ1v) is 10.1. The smallest absolute Gasteiger partial charge is 0.243 e. The van der Waals surface area contributed by atoms with Crippen LogP contribution in [0.15, 0.2) is 48.5 Å². The third-order valence-corrected chi connectivity index (χ3v) is 4.77. The average molecular weight is 401 g/mol. The van der Waals surface area contributed by atoms with E-state index >= 15 is 0 Å². The molecule has 0 saturated heterocycles. The molecule has 2 aromatic carbocycles. The number of rotatable bonds is 8. The van der Waals surface area contributed by atoms with E-state index in [1.807, 2.05) is 64.1 Å². The first-order valence-electron chi connectivity index (χ1n) is 9.70. The van der Waals surface area contributed by atoms with Crippen molar-refractivity contribution in [3.8, 4) is 0 Å². The van der Waals surface area contributed by atoms with Crippen molar-refractivity contribution >= 4 is 23.4 Å². The number of aryl methyl sites for hydroxylation is 1. The van der Waals surface area contributed by atoms with Gasteiger partial charge in [-0.3, -0.25) is 9.59 Å². The van der Waals surface area contributed by atoms with Crippen LogP contribution in [0, 0.1) is 6.92 Å². The van der Waals surface area contributed by atoms with Gasteiger partial charge in [-0.25, -0.2) is 0 Å². The Morgan fingerprint density at radius 1 is 1.07 bits per heavy atom. The quantitative estimate of drug-likeness (QED) is 0.708. The molecular weight excluding hydrogens is 372 g/mol. The second-order valence-electron chi connectivity index (χ2n) is 7.40. The second-order valence-corrected chi connectivity index (χ2v) is 7.84. The van der Waals surface area contributed by atoms with Gasteiger partial charge in [-0.05, 0) is 50.5 Å². The van der Waals surface area contributed by atoms with Crippen LogP contribution in [0.25, 0.3) is 0 Å². The van der Waals surface area contributed by atoms with E-state index in [0.717, 1.165) is 16.7 Å². The van der Waals surface area contributed by atoms with E-state index < -0.39 is 6.04 Å². The number of carbonyl (C=O) groups is 2. The van der Waals surface area contributed by atoms with Crippen LogP contribution in [0.3, 0.4) is 0 Å². The summed E-state index contributed by atoms with van der Waals surface area (Å²) in [6, 6.07) is 14.8. The Kier molecular flexibility index (Phi) is 8.06. The van der Waals surface area contributed by atoms with Crippen LogP contribution in [0.4, 0.5) is 0 Å². The maximum atomic E-state index is 13.2. The topological polar surface area (TPSA) is 49.4 Å². The van der Waals surface area contributed by atoms with E-state index in [0.29, 0.717) is 18.0 Å². The van der Waals surface area contributed by atoms with Gasteiger partial charge >= 0.3 is 0 Å². The van der Waals surface area contributed by atoms with Crippen molar-refractivity contribution in [2.45, 2.75) is 59.2 Å². The zero-order valence-corrected chi connectivity index (χ0v) is 17.8. The average Bonchev–Trinajstić information content (AvgIpc) is 2.62. The SMILES string of the molecule is CCC(C(=O)NC(C)C)N(Cc1ccc(C)cc1)C(=O)Cc1cccc(Cl)c1. The van der Waals surface area contributed by atoms with E-state index in [1.165, 1.54) is 0 Å². The Morgan fingerprint density at radius 2 is 1.75 bits per heavy atom. The summed E-state index contributed by atoms with van der Waals surface area (Å²) in [5, 5.41) is 3.54. The van der Waals surface area contributed by atoms with Crippen LogP contribution in [-0.2, 0) is 22.6 Å². The maximum Gasteiger partial charge on any atom is 0.243 e. The molecule has 2 aromatic rings. The number of halogens is 1. The number of benzene rings is 2. The van der Waals surface area contributed by atoms with Crippen molar-refractivity contribution in [2.24, 2.45) is 0 Å². The minimum Gasteiger partial charge on any atom is -0.352 e. The summed E-state index contributed by atoms with van der Waals surface area (Å²) in [4.78, 5) is 27.6. The van der Waals surface area contributed by atoms with Crippen molar-refractivity contribution < 1.29 is 9.59 Å². The molecule has 1 atom stereocenters. The van der Waals surface area contributed by atoms with Gasteiger partial charge in [0.15, 0.2) is 0 Å². The fourth-order valence-corrected chi connectivity index (χ4v) is 3.33. The van der Waals surface area contributed by atoms with Gasteiger partial charge in [0.1, 0.15) is 6.04 Å². The maximum absolute atomic E-state index is 13.2. The first-order chi connectivity index (χ1) is 13.3. The summed E-state index contributed by atoms with van der Waals surface area (Å²) in [6.45, 7) is 8.19. The minimum atomic E-state index is -0.518. The summed E-state index contributed by atoms with van der Waals surface area (Å²) in [5.41, 5.74) is 3.00. The standard InChI is InChI=1S/C23H29ClN2O2/c1-5-21(23(28)25-16(2)3)26(15-18-11-9-17(4)10-12-18)22(27)14-19-7-6-8-20(24)13-19/h6-13,16,21H,5,14-15H2,1-4H3,(H,25,28). The predicted molar refractivity (Wildman–Crippen MR) is 114 cm³/mol. The summed E-state index contributed by atoms with van der Waals surface area (Å²) in [6.07, 6.45) is 0.754. The lowest BCUT2D eigenvalue weighted by Crippen LogP contribution is -2.50. The van der Waals surface area contributed by atoms with Gasteiger partial charge in [-0.15, -0.1) is 0 Å². The molecular formula is C23H29ClN2O2. The van der Waals surface area contributed by atoms with E-state index in [9.17, 15) is 9.59 Å². The van der Waals surface area contributed by atoms with Crippen molar-refractivity contribution in [2.75, 3.05) is 0 Å². The molecule has 150 valence electrons. The van der Waals surface area contributed by atoms with Crippen LogP contribution in [0.2, 0.25) is 5.02 Å². The zero-order valence-electron chi connectivity index (χ0n) is 17.0. The van der Waals surface area contributed by atoms with Crippen LogP contribution in [0.1, 0.15) is 43.9 Å². The molecule has 1 unspecified atom stereocenters. The molecule has 2 amide bonds. The fourth-order valence-electron chi connectivity index (χ4n) is 3.11. The first kappa shape index (κ1) is 22.0. The number of amides is 2. The lowest BCUT2D eigenvalue weighted by atomic mass is 10.1. The summed E-state index contributed by atoms with van der Waals surface area (Å²) < 4.78 is 0. The van der Waals surface area contributed by atoms with Crippen molar-refractivity contribution in [1.29, 1.82) is 0 Å². The molecule has 0 aliphatic rings. The molecule has 0 aliphatic heterocycles. The predicted octanol–water partition coefficient (Wildman–Crippen LogP) is 4.52. The van der Waals surface area contributed by atoms with E-state index in [-0.39, 0.29) is 24.3 Å². The molecule has 4 nitrogen and oxygen atoms in total. The highest BCUT2D eigenvalue weighted by Gasteiger charge is 2.28. The highest BCUT2D eigenvalue weighted by Crippen LogP contribution is 2.17. The Hall–Kier alpha value is -2.33. The van der Waals surface area contributed by atoms with Gasteiger partial charge in [-0.2, -0.15) is 0 Å². The number of carbonyl (C=O) groups excluding carboxylic acids is 2. The van der Waals surface area contributed by atoms with Crippen molar-refractivity contribution in [3.63, 3.8) is 0 Å². The molecule has 0 spiro atoms. The molecule has 2 rings (SSSR count). The molecule has 1 N–H and O–H groups in total. The molecule has 28 heavy (non-hydrogen) atoms. The minimum absolute atomic E-state index is 0.0193. The number of hydrogen-bond acceptors (Lipinski definition) is 2. The highest BCUT2D eigenvalue weighted by atomic mass is 35.5. The van der Waals surface area contributed by atoms with Crippen LogP contribution in [0.5, 0.6) is 0 Å². The normalized spacial score (nSPS) is 11.9. The molecule has 5 heteroatoms. The van der Waals surface area contributed by atoms with Gasteiger partial charge in [0.05, 0.1) is 6.42 Å². The number of nitrogens with one attached hydrogen (secondary N) is 1. The third-order valence-electron chi connectivity index (χ3n) is 4.53. The van der Waals surface area contributed by atoms with Crippen molar-refractivity contribution in [1.82, 2.24) is 10.2 Å². The van der Waals surface area contributed by atoms with Crippen molar-refractivity contribution in [3.05, 3.63) is 70.2 Å². The highest BCUT2D eigenvalue weighted by molar-refractivity contribution is 6.30. The second kappa shape index (κ2) is 10.3. The number of nitrogens with zero attached hydrogens (tertiary/aromatic N) is 1. The third kappa shape index (κ3) is 6.38. The zero-order chi connectivity index (χ0) is 20.7. The van der Waals surface area contributed by atoms with E-state index in [4.69, 9.17) is 11.6 Å². The van der Waals surface area contributed by atoms with Gasteiger partial charge in [-0.1, -0.05) is 60.5 Å². The molecule has 0 saturated carbocycles. The molecule has 0 radical (unpaired) electrons. The summed E-state index contributed by atoms with van der Waals surface area (Å²) >= 11 is 6.06. The van der Waals surface area contributed by atoms with E-state index in [2.05, 4.69) is 5.32 Å². The Morgan fingerprint density at radius 3 is 2.32 bits per heavy atom. The molecule has 0 aromatic heterocycles. The van der Waals surface area contributed by atoms with Gasteiger partial charge < -0.3 is 10.2 Å². The summed E-state index contributed by atoms with van der Waals surface area (Å²) in [5.74, 6) is -0.211. The lowest BCUT2D eigenvalue weighted by Gasteiger charge is -2.31. The van der Waals surface area contributed by atoms with E-state index in [1.54, 1.807) is 17.0 Å². The largest absolute Gasteiger partial charge is 0.352 e.